The number of rotatable bonds is 5. The quantitative estimate of drug-likeness (QED) is 0.908. The van der Waals surface area contributed by atoms with Gasteiger partial charge >= 0.3 is 0 Å². The Kier molecular flexibility index (Phi) is 3.60. The lowest BCUT2D eigenvalue weighted by molar-refractivity contribution is 0.414. The van der Waals surface area contributed by atoms with Gasteiger partial charge in [-0.1, -0.05) is 6.07 Å². The number of hydrogen-bond acceptors (Lipinski definition) is 3. The summed E-state index contributed by atoms with van der Waals surface area (Å²) in [5.74, 6) is -0.853. The number of benzene rings is 1. The predicted molar refractivity (Wildman–Crippen MR) is 70.5 cm³/mol. The first-order valence-electron chi connectivity index (χ1n) is 6.52. The second-order valence-corrected chi connectivity index (χ2v) is 4.80. The van der Waals surface area contributed by atoms with E-state index in [0.29, 0.717) is 18.2 Å². The fraction of sp³-hybridized carbons (Fsp3) is 0.267. The second kappa shape index (κ2) is 5.54. The maximum absolute atomic E-state index is 14.2. The summed E-state index contributed by atoms with van der Waals surface area (Å²) >= 11 is 0. The highest BCUT2D eigenvalue weighted by atomic mass is 19.1. The molecule has 0 spiro atoms. The molecule has 3 rings (SSSR count). The summed E-state index contributed by atoms with van der Waals surface area (Å²) < 4.78 is 32.6. The molecule has 0 radical (unpaired) electrons. The molecule has 0 aliphatic heterocycles. The minimum atomic E-state index is -0.509. The van der Waals surface area contributed by atoms with Crippen molar-refractivity contribution in [2.45, 2.75) is 25.4 Å². The smallest absolute Gasteiger partial charge is 0.256 e. The highest BCUT2D eigenvalue weighted by molar-refractivity contribution is 5.30. The van der Waals surface area contributed by atoms with Crippen LogP contribution in [0.2, 0.25) is 0 Å². The third kappa shape index (κ3) is 3.11. The van der Waals surface area contributed by atoms with Crippen molar-refractivity contribution in [1.29, 1.82) is 0 Å². The van der Waals surface area contributed by atoms with Crippen LogP contribution >= 0.6 is 0 Å². The molecule has 1 aromatic carbocycles. The Labute approximate surface area is 115 Å². The number of ether oxygens (including phenoxy) is 1. The molecule has 0 saturated heterocycles. The summed E-state index contributed by atoms with van der Waals surface area (Å²) in [6.07, 6.45) is 3.76. The molecule has 1 aliphatic rings. The third-order valence-corrected chi connectivity index (χ3v) is 3.11. The van der Waals surface area contributed by atoms with Gasteiger partial charge in [-0.05, 0) is 31.0 Å². The lowest BCUT2D eigenvalue weighted by Crippen LogP contribution is -2.16. The number of pyridine rings is 1. The average molecular weight is 276 g/mol. The van der Waals surface area contributed by atoms with Gasteiger partial charge in [0.05, 0.1) is 0 Å². The maximum atomic E-state index is 14.2. The van der Waals surface area contributed by atoms with E-state index in [0.717, 1.165) is 12.8 Å². The molecule has 5 heteroatoms. The van der Waals surface area contributed by atoms with E-state index in [1.54, 1.807) is 12.1 Å². The first-order chi connectivity index (χ1) is 9.72. The minimum Gasteiger partial charge on any atom is -0.436 e. The van der Waals surface area contributed by atoms with Crippen molar-refractivity contribution < 1.29 is 13.5 Å². The molecule has 1 aliphatic carbocycles. The standard InChI is InChI=1S/C15H14F2N2O/c16-11-2-1-3-13(8-11)20-15-14(17)10(6-7-18-15)9-19-12-4-5-12/h1-3,6-8,12,19H,4-5,9H2. The van der Waals surface area contributed by atoms with Crippen LogP contribution in [0.25, 0.3) is 0 Å². The summed E-state index contributed by atoms with van der Waals surface area (Å²) in [6.45, 7) is 0.443. The van der Waals surface area contributed by atoms with Crippen LogP contribution in [0.15, 0.2) is 36.5 Å². The Bertz CT molecular complexity index is 615. The molecule has 20 heavy (non-hydrogen) atoms. The van der Waals surface area contributed by atoms with E-state index < -0.39 is 11.6 Å². The van der Waals surface area contributed by atoms with Crippen molar-refractivity contribution in [3.05, 3.63) is 53.7 Å². The van der Waals surface area contributed by atoms with Crippen molar-refractivity contribution in [3.8, 4) is 11.6 Å². The van der Waals surface area contributed by atoms with Crippen LogP contribution in [0.4, 0.5) is 8.78 Å². The number of nitrogens with one attached hydrogen (secondary N) is 1. The van der Waals surface area contributed by atoms with Gasteiger partial charge in [0.1, 0.15) is 11.6 Å². The zero-order chi connectivity index (χ0) is 13.9. The predicted octanol–water partition coefficient (Wildman–Crippen LogP) is 3.40. The molecule has 1 aromatic heterocycles. The number of halogens is 2. The molecule has 0 atom stereocenters. The Morgan fingerprint density at radius 3 is 2.85 bits per heavy atom. The van der Waals surface area contributed by atoms with Crippen molar-refractivity contribution in [2.24, 2.45) is 0 Å². The van der Waals surface area contributed by atoms with Gasteiger partial charge in [-0.2, -0.15) is 0 Å². The van der Waals surface area contributed by atoms with Crippen LogP contribution in [-0.4, -0.2) is 11.0 Å². The lowest BCUT2D eigenvalue weighted by atomic mass is 10.2. The van der Waals surface area contributed by atoms with Crippen molar-refractivity contribution in [1.82, 2.24) is 10.3 Å². The molecule has 1 saturated carbocycles. The lowest BCUT2D eigenvalue weighted by Gasteiger charge is -2.09. The van der Waals surface area contributed by atoms with Gasteiger partial charge in [0.2, 0.25) is 0 Å². The minimum absolute atomic E-state index is 0.134. The fourth-order valence-corrected chi connectivity index (χ4v) is 1.85. The van der Waals surface area contributed by atoms with Gasteiger partial charge < -0.3 is 10.1 Å². The van der Waals surface area contributed by atoms with Crippen LogP contribution in [0.5, 0.6) is 11.6 Å². The molecule has 1 N–H and O–H groups in total. The van der Waals surface area contributed by atoms with Crippen molar-refractivity contribution in [3.63, 3.8) is 0 Å². The molecule has 3 nitrogen and oxygen atoms in total. The summed E-state index contributed by atoms with van der Waals surface area (Å²) in [4.78, 5) is 3.86. The molecule has 0 amide bonds. The van der Waals surface area contributed by atoms with E-state index in [9.17, 15) is 8.78 Å². The van der Waals surface area contributed by atoms with E-state index in [2.05, 4.69) is 10.3 Å². The van der Waals surface area contributed by atoms with Gasteiger partial charge in [0.25, 0.3) is 5.88 Å². The highest BCUT2D eigenvalue weighted by Crippen LogP contribution is 2.25. The summed E-state index contributed by atoms with van der Waals surface area (Å²) in [6, 6.07) is 7.65. The molecule has 1 heterocycles. The Morgan fingerprint density at radius 2 is 2.10 bits per heavy atom. The van der Waals surface area contributed by atoms with Crippen LogP contribution in [-0.2, 0) is 6.54 Å². The van der Waals surface area contributed by atoms with E-state index in [-0.39, 0.29) is 11.6 Å². The normalized spacial score (nSPS) is 14.3. The molecular weight excluding hydrogens is 262 g/mol. The monoisotopic (exact) mass is 276 g/mol. The van der Waals surface area contributed by atoms with Gasteiger partial charge in [-0.3, -0.25) is 0 Å². The van der Waals surface area contributed by atoms with E-state index in [4.69, 9.17) is 4.74 Å². The van der Waals surface area contributed by atoms with Crippen LogP contribution in [0.3, 0.4) is 0 Å². The Morgan fingerprint density at radius 1 is 1.25 bits per heavy atom. The SMILES string of the molecule is Fc1cccc(Oc2nccc(CNC3CC3)c2F)c1. The van der Waals surface area contributed by atoms with E-state index in [1.165, 1.54) is 24.4 Å². The van der Waals surface area contributed by atoms with Gasteiger partial charge in [-0.15, -0.1) is 0 Å². The summed E-state index contributed by atoms with van der Waals surface area (Å²) in [7, 11) is 0. The number of hydrogen-bond donors (Lipinski definition) is 1. The average Bonchev–Trinajstić information content (AvgIpc) is 3.24. The summed E-state index contributed by atoms with van der Waals surface area (Å²) in [5.41, 5.74) is 0.498. The highest BCUT2D eigenvalue weighted by Gasteiger charge is 2.21. The molecule has 2 aromatic rings. The number of nitrogens with zero attached hydrogens (tertiary/aromatic N) is 1. The Hall–Kier alpha value is -2.01. The van der Waals surface area contributed by atoms with Crippen LogP contribution in [0.1, 0.15) is 18.4 Å². The fourth-order valence-electron chi connectivity index (χ4n) is 1.85. The largest absolute Gasteiger partial charge is 0.436 e. The Balaban J connectivity index is 1.76. The van der Waals surface area contributed by atoms with Gasteiger partial charge in [-0.25, -0.2) is 13.8 Å². The van der Waals surface area contributed by atoms with Gasteiger partial charge in [0.15, 0.2) is 5.82 Å². The van der Waals surface area contributed by atoms with Crippen LogP contribution in [0, 0.1) is 11.6 Å². The molecular formula is C15H14F2N2O. The topological polar surface area (TPSA) is 34.1 Å². The maximum Gasteiger partial charge on any atom is 0.256 e. The molecule has 0 bridgehead atoms. The van der Waals surface area contributed by atoms with E-state index >= 15 is 0 Å². The van der Waals surface area contributed by atoms with E-state index in [1.807, 2.05) is 0 Å². The summed E-state index contributed by atoms with van der Waals surface area (Å²) in [5, 5.41) is 3.23. The number of aromatic nitrogens is 1. The third-order valence-electron chi connectivity index (χ3n) is 3.11. The molecule has 104 valence electrons. The second-order valence-electron chi connectivity index (χ2n) is 4.80. The first-order valence-corrected chi connectivity index (χ1v) is 6.52. The molecule has 0 unspecified atom stereocenters. The van der Waals surface area contributed by atoms with Crippen LogP contribution < -0.4 is 10.1 Å². The first kappa shape index (κ1) is 13.0. The van der Waals surface area contributed by atoms with Gasteiger partial charge in [0, 0.05) is 30.4 Å². The molecule has 1 fully saturated rings. The zero-order valence-electron chi connectivity index (χ0n) is 10.8. The zero-order valence-corrected chi connectivity index (χ0v) is 10.8. The van der Waals surface area contributed by atoms with Crippen molar-refractivity contribution in [2.75, 3.05) is 0 Å². The van der Waals surface area contributed by atoms with Crippen molar-refractivity contribution >= 4 is 0 Å².